The molecule has 1 aromatic heterocycles. The van der Waals surface area contributed by atoms with E-state index in [4.69, 9.17) is 24.2 Å². The molecule has 220 valence electrons. The molecular weight excluding hydrogens is 522 g/mol. The Hall–Kier alpha value is -3.11. The third-order valence-corrected chi connectivity index (χ3v) is 6.21. The lowest BCUT2D eigenvalue weighted by molar-refractivity contribution is -0.182. The smallest absolute Gasteiger partial charge is 0.351 e. The Morgan fingerprint density at radius 3 is 1.87 bits per heavy atom. The SMILES string of the molecule is CC(C)(CO)C(=O)OC[C@H]1O[C@@H](n2ccc(NO)nc2=O)[C@H](OC(=O)C(C)(C)CO)[C@@H]1OC(=O)C(C)(C)CO. The molecule has 0 radical (unpaired) electrons. The van der Waals surface area contributed by atoms with Crippen LogP contribution in [0.3, 0.4) is 0 Å². The van der Waals surface area contributed by atoms with Gasteiger partial charge in [-0.05, 0) is 47.6 Å². The van der Waals surface area contributed by atoms with Crippen LogP contribution < -0.4 is 11.2 Å². The maximum absolute atomic E-state index is 13.0. The summed E-state index contributed by atoms with van der Waals surface area (Å²) in [5.74, 6) is -2.81. The number of carbonyl (C=O) groups excluding carboxylic acids is 3. The van der Waals surface area contributed by atoms with Crippen LogP contribution in [0.15, 0.2) is 17.1 Å². The van der Waals surface area contributed by atoms with Crippen LogP contribution in [0.5, 0.6) is 0 Å². The fourth-order valence-corrected chi connectivity index (χ4v) is 3.12. The minimum atomic E-state index is -1.51. The van der Waals surface area contributed by atoms with E-state index in [9.17, 15) is 34.5 Å². The van der Waals surface area contributed by atoms with E-state index in [1.54, 1.807) is 5.48 Å². The van der Waals surface area contributed by atoms with Gasteiger partial charge in [0.05, 0.1) is 36.1 Å². The number of aliphatic hydroxyl groups excluding tert-OH is 3. The van der Waals surface area contributed by atoms with E-state index < -0.39 is 90.8 Å². The molecule has 4 atom stereocenters. The summed E-state index contributed by atoms with van der Waals surface area (Å²) in [6, 6.07) is 1.22. The van der Waals surface area contributed by atoms with Crippen molar-refractivity contribution < 1.29 is 53.9 Å². The van der Waals surface area contributed by atoms with Crippen LogP contribution in [-0.4, -0.2) is 92.7 Å². The molecule has 1 aromatic rings. The van der Waals surface area contributed by atoms with Gasteiger partial charge in [0.15, 0.2) is 24.3 Å². The molecule has 2 rings (SSSR count). The van der Waals surface area contributed by atoms with Crippen molar-refractivity contribution in [1.29, 1.82) is 0 Å². The summed E-state index contributed by atoms with van der Waals surface area (Å²) in [5.41, 5.74) is -3.27. The van der Waals surface area contributed by atoms with Crippen molar-refractivity contribution in [3.8, 4) is 0 Å². The Labute approximate surface area is 224 Å². The summed E-state index contributed by atoms with van der Waals surface area (Å²) in [4.78, 5) is 54.8. The zero-order valence-electron chi connectivity index (χ0n) is 22.7. The maximum Gasteiger partial charge on any atom is 0.351 e. The summed E-state index contributed by atoms with van der Waals surface area (Å²) in [7, 11) is 0. The highest BCUT2D eigenvalue weighted by molar-refractivity contribution is 5.78. The molecule has 15 nitrogen and oxygen atoms in total. The molecule has 1 saturated heterocycles. The Bertz CT molecular complexity index is 1100. The van der Waals surface area contributed by atoms with Crippen molar-refractivity contribution in [2.24, 2.45) is 16.2 Å². The van der Waals surface area contributed by atoms with E-state index in [-0.39, 0.29) is 5.82 Å². The van der Waals surface area contributed by atoms with Crippen molar-refractivity contribution >= 4 is 23.7 Å². The largest absolute Gasteiger partial charge is 0.462 e. The fourth-order valence-electron chi connectivity index (χ4n) is 3.12. The van der Waals surface area contributed by atoms with Crippen LogP contribution >= 0.6 is 0 Å². The molecule has 1 aliphatic heterocycles. The number of hydrogen-bond acceptors (Lipinski definition) is 14. The second-order valence-corrected chi connectivity index (χ2v) is 11.1. The highest BCUT2D eigenvalue weighted by atomic mass is 16.7. The Balaban J connectivity index is 2.57. The number of aromatic nitrogens is 2. The molecule has 1 aliphatic rings. The molecule has 0 aromatic carbocycles. The highest BCUT2D eigenvalue weighted by Gasteiger charge is 2.53. The first kappa shape index (κ1) is 32.1. The molecular formula is C24H37N3O12. The van der Waals surface area contributed by atoms with Crippen LogP contribution in [0.25, 0.3) is 0 Å². The number of hydrogen-bond donors (Lipinski definition) is 5. The first-order valence-electron chi connectivity index (χ1n) is 12.1. The molecule has 0 bridgehead atoms. The fraction of sp³-hybridized carbons (Fsp3) is 0.708. The van der Waals surface area contributed by atoms with Crippen molar-refractivity contribution in [3.05, 3.63) is 22.7 Å². The number of ether oxygens (including phenoxy) is 4. The van der Waals surface area contributed by atoms with Gasteiger partial charge < -0.3 is 34.3 Å². The van der Waals surface area contributed by atoms with Crippen LogP contribution in [0.1, 0.15) is 47.8 Å². The van der Waals surface area contributed by atoms with Gasteiger partial charge in [-0.1, -0.05) is 0 Å². The Morgan fingerprint density at radius 2 is 1.41 bits per heavy atom. The number of anilines is 1. The van der Waals surface area contributed by atoms with E-state index in [1.807, 2.05) is 0 Å². The number of nitrogens with one attached hydrogen (secondary N) is 1. The highest BCUT2D eigenvalue weighted by Crippen LogP contribution is 2.36. The molecule has 0 aliphatic carbocycles. The third kappa shape index (κ3) is 7.30. The van der Waals surface area contributed by atoms with Gasteiger partial charge in [-0.2, -0.15) is 4.98 Å². The minimum Gasteiger partial charge on any atom is -0.462 e. The molecule has 5 N–H and O–H groups in total. The molecule has 0 saturated carbocycles. The van der Waals surface area contributed by atoms with Gasteiger partial charge in [-0.15, -0.1) is 0 Å². The van der Waals surface area contributed by atoms with Gasteiger partial charge in [0.2, 0.25) is 0 Å². The van der Waals surface area contributed by atoms with E-state index in [0.717, 1.165) is 4.57 Å². The van der Waals surface area contributed by atoms with Crippen molar-refractivity contribution in [2.45, 2.75) is 66.1 Å². The molecule has 2 heterocycles. The Kier molecular flexibility index (Phi) is 10.2. The second kappa shape index (κ2) is 12.4. The van der Waals surface area contributed by atoms with E-state index in [2.05, 4.69) is 4.98 Å². The summed E-state index contributed by atoms with van der Waals surface area (Å²) in [6.07, 6.45) is -4.54. The summed E-state index contributed by atoms with van der Waals surface area (Å²) < 4.78 is 23.4. The van der Waals surface area contributed by atoms with Crippen molar-refractivity contribution in [3.63, 3.8) is 0 Å². The predicted octanol–water partition coefficient (Wildman–Crippen LogP) is -0.636. The summed E-state index contributed by atoms with van der Waals surface area (Å²) >= 11 is 0. The van der Waals surface area contributed by atoms with Crippen LogP contribution in [0, 0.1) is 16.2 Å². The quantitative estimate of drug-likeness (QED) is 0.122. The average Bonchev–Trinajstić information content (AvgIpc) is 3.22. The van der Waals surface area contributed by atoms with Gasteiger partial charge >= 0.3 is 23.6 Å². The number of nitrogens with zero attached hydrogens (tertiary/aromatic N) is 2. The lowest BCUT2D eigenvalue weighted by atomic mass is 9.94. The van der Waals surface area contributed by atoms with Gasteiger partial charge in [0.1, 0.15) is 12.7 Å². The van der Waals surface area contributed by atoms with Crippen LogP contribution in [-0.2, 0) is 33.3 Å². The molecule has 0 spiro atoms. The topological polar surface area (TPSA) is 216 Å². The van der Waals surface area contributed by atoms with E-state index in [0.29, 0.717) is 0 Å². The molecule has 0 amide bonds. The van der Waals surface area contributed by atoms with Crippen LogP contribution in [0.2, 0.25) is 0 Å². The number of carbonyl (C=O) groups is 3. The van der Waals surface area contributed by atoms with Crippen molar-refractivity contribution in [1.82, 2.24) is 9.55 Å². The Morgan fingerprint density at radius 1 is 0.923 bits per heavy atom. The van der Waals surface area contributed by atoms with Gasteiger partial charge in [0.25, 0.3) is 0 Å². The van der Waals surface area contributed by atoms with E-state index >= 15 is 0 Å². The number of esters is 3. The summed E-state index contributed by atoms with van der Waals surface area (Å²) in [6.45, 7) is 6.27. The lowest BCUT2D eigenvalue weighted by Gasteiger charge is -2.30. The lowest BCUT2D eigenvalue weighted by Crippen LogP contribution is -2.47. The maximum atomic E-state index is 13.0. The van der Waals surface area contributed by atoms with Gasteiger partial charge in [-0.3, -0.25) is 29.6 Å². The second-order valence-electron chi connectivity index (χ2n) is 11.1. The molecule has 15 heteroatoms. The zero-order chi connectivity index (χ0) is 29.8. The predicted molar refractivity (Wildman–Crippen MR) is 131 cm³/mol. The van der Waals surface area contributed by atoms with Gasteiger partial charge in [0, 0.05) is 6.20 Å². The molecule has 39 heavy (non-hydrogen) atoms. The number of aliphatic hydroxyl groups is 3. The average molecular weight is 560 g/mol. The monoisotopic (exact) mass is 559 g/mol. The minimum absolute atomic E-state index is 0.186. The standard InChI is InChI=1S/C24H37N3O12/c1-22(2,10-28)18(31)36-9-13-15(38-19(32)23(3,4)11-29)16(39-20(33)24(5,6)12-30)17(37-13)27-8-7-14(26-35)25-21(27)34/h7-8,13,15-17,28-30,35H,9-12H2,1-6H3,(H,25,26,34)/t13-,15-,16-,17-/m1/s1. The van der Waals surface area contributed by atoms with Crippen molar-refractivity contribution in [2.75, 3.05) is 31.9 Å². The van der Waals surface area contributed by atoms with Crippen LogP contribution in [0.4, 0.5) is 5.82 Å². The first-order chi connectivity index (χ1) is 18.0. The number of rotatable bonds is 12. The van der Waals surface area contributed by atoms with E-state index in [1.165, 1.54) is 53.8 Å². The van der Waals surface area contributed by atoms with Gasteiger partial charge in [-0.25, -0.2) is 4.79 Å². The summed E-state index contributed by atoms with van der Waals surface area (Å²) in [5, 5.41) is 37.8. The normalized spacial score (nSPS) is 21.8. The molecule has 1 fully saturated rings. The first-order valence-corrected chi connectivity index (χ1v) is 12.1. The zero-order valence-corrected chi connectivity index (χ0v) is 22.7. The molecule has 0 unspecified atom stereocenters. The third-order valence-electron chi connectivity index (χ3n) is 6.21.